The second kappa shape index (κ2) is 16.2. The number of benzene rings is 4. The lowest BCUT2D eigenvalue weighted by Crippen LogP contribution is -2.29. The van der Waals surface area contributed by atoms with Crippen molar-refractivity contribution in [3.63, 3.8) is 0 Å². The molecule has 6 rings (SSSR count). The van der Waals surface area contributed by atoms with E-state index >= 15 is 0 Å². The number of nitrogens with zero attached hydrogens (tertiary/aromatic N) is 3. The highest BCUT2D eigenvalue weighted by Gasteiger charge is 2.21. The summed E-state index contributed by atoms with van der Waals surface area (Å²) in [7, 11) is 4.44. The molecule has 47 heavy (non-hydrogen) atoms. The highest BCUT2D eigenvalue weighted by molar-refractivity contribution is 9.10. The van der Waals surface area contributed by atoms with E-state index in [0.717, 1.165) is 20.1 Å². The summed E-state index contributed by atoms with van der Waals surface area (Å²) in [6.45, 7) is 0. The molecule has 0 aliphatic heterocycles. The van der Waals surface area contributed by atoms with E-state index in [4.69, 9.17) is 24.3 Å². The summed E-state index contributed by atoms with van der Waals surface area (Å²) in [5.74, 6) is 0.344. The second-order valence-electron chi connectivity index (χ2n) is 9.46. The topological polar surface area (TPSA) is 158 Å². The highest BCUT2D eigenvalue weighted by Crippen LogP contribution is 2.31. The Labute approximate surface area is 286 Å². The lowest BCUT2D eigenvalue weighted by molar-refractivity contribution is 0.0587. The molecule has 0 bridgehead atoms. The van der Waals surface area contributed by atoms with Gasteiger partial charge in [0.15, 0.2) is 11.4 Å². The first kappa shape index (κ1) is 35.2. The fourth-order valence-electron chi connectivity index (χ4n) is 4.44. The van der Waals surface area contributed by atoms with Crippen LogP contribution in [0.25, 0.3) is 27.5 Å². The van der Waals surface area contributed by atoms with Crippen molar-refractivity contribution in [1.29, 1.82) is 0 Å². The van der Waals surface area contributed by atoms with E-state index < -0.39 is 19.1 Å². The molecule has 2 heterocycles. The van der Waals surface area contributed by atoms with Gasteiger partial charge in [-0.25, -0.2) is 14.3 Å². The molecule has 12 nitrogen and oxygen atoms in total. The third-order valence-corrected chi connectivity index (χ3v) is 7.61. The number of hydrogen-bond donors (Lipinski definition) is 3. The second-order valence-corrected chi connectivity index (χ2v) is 11.3. The SMILES string of the molecule is COC(=O)c1[nH]nc2c(OC)cccc12.COC(=O)c1nn(-c2cccc(Br)c2)c2c(OC)cccc12.OB(O)c1cccc(Br)c1. The molecule has 242 valence electrons. The molecule has 0 radical (unpaired) electrons. The van der Waals surface area contributed by atoms with Crippen LogP contribution in [-0.4, -0.2) is 77.5 Å². The summed E-state index contributed by atoms with van der Waals surface area (Å²) >= 11 is 6.65. The first-order chi connectivity index (χ1) is 22.6. The van der Waals surface area contributed by atoms with Crippen LogP contribution < -0.4 is 14.9 Å². The number of para-hydroxylation sites is 2. The number of nitrogens with one attached hydrogen (secondary N) is 1. The number of halogens is 2. The van der Waals surface area contributed by atoms with Gasteiger partial charge < -0.3 is 29.0 Å². The van der Waals surface area contributed by atoms with E-state index in [1.54, 1.807) is 55.3 Å². The highest BCUT2D eigenvalue weighted by atomic mass is 79.9. The Balaban J connectivity index is 0.000000173. The fraction of sp³-hybridized carbons (Fsp3) is 0.125. The predicted octanol–water partition coefficient (Wildman–Crippen LogP) is 5.07. The van der Waals surface area contributed by atoms with E-state index in [2.05, 4.69) is 51.9 Å². The number of fused-ring (bicyclic) bond motifs is 2. The van der Waals surface area contributed by atoms with E-state index in [0.29, 0.717) is 38.9 Å². The van der Waals surface area contributed by atoms with Gasteiger partial charge in [-0.05, 0) is 47.9 Å². The van der Waals surface area contributed by atoms with Crippen molar-refractivity contribution in [3.8, 4) is 17.2 Å². The Kier molecular flexibility index (Phi) is 12.1. The molecule has 3 N–H and O–H groups in total. The average Bonchev–Trinajstić information content (AvgIpc) is 3.71. The Bertz CT molecular complexity index is 2010. The minimum atomic E-state index is -1.38. The molecule has 0 spiro atoms. The van der Waals surface area contributed by atoms with Gasteiger partial charge in [0, 0.05) is 19.7 Å². The number of esters is 2. The Morgan fingerprint density at radius 3 is 1.94 bits per heavy atom. The van der Waals surface area contributed by atoms with Crippen molar-refractivity contribution in [1.82, 2.24) is 20.0 Å². The van der Waals surface area contributed by atoms with Crippen LogP contribution in [-0.2, 0) is 9.47 Å². The third kappa shape index (κ3) is 8.18. The van der Waals surface area contributed by atoms with Crippen molar-refractivity contribution in [2.75, 3.05) is 28.4 Å². The van der Waals surface area contributed by atoms with Crippen LogP contribution >= 0.6 is 31.9 Å². The molecule has 2 aromatic heterocycles. The lowest BCUT2D eigenvalue weighted by Gasteiger charge is -2.07. The molecule has 0 aliphatic carbocycles. The summed E-state index contributed by atoms with van der Waals surface area (Å²) in [5.41, 5.74) is 3.26. The van der Waals surface area contributed by atoms with Crippen molar-refractivity contribution in [3.05, 3.63) is 105 Å². The van der Waals surface area contributed by atoms with Gasteiger partial charge in [0.25, 0.3) is 0 Å². The zero-order chi connectivity index (χ0) is 34.1. The van der Waals surface area contributed by atoms with E-state index in [9.17, 15) is 9.59 Å². The first-order valence-corrected chi connectivity index (χ1v) is 15.3. The maximum Gasteiger partial charge on any atom is 0.488 e. The van der Waals surface area contributed by atoms with E-state index in [1.165, 1.54) is 14.2 Å². The van der Waals surface area contributed by atoms with Gasteiger partial charge in [-0.3, -0.25) is 5.10 Å². The third-order valence-electron chi connectivity index (χ3n) is 6.62. The summed E-state index contributed by atoms with van der Waals surface area (Å²) in [6, 6.07) is 25.4. The van der Waals surface area contributed by atoms with Crippen molar-refractivity contribution < 1.29 is 38.6 Å². The molecule has 0 aliphatic rings. The first-order valence-electron chi connectivity index (χ1n) is 13.7. The number of rotatable bonds is 6. The van der Waals surface area contributed by atoms with Gasteiger partial charge in [0.1, 0.15) is 22.5 Å². The van der Waals surface area contributed by atoms with Crippen LogP contribution in [0.15, 0.2) is 93.9 Å². The predicted molar refractivity (Wildman–Crippen MR) is 185 cm³/mol. The quantitative estimate of drug-likeness (QED) is 0.154. The van der Waals surface area contributed by atoms with Crippen LogP contribution in [0.2, 0.25) is 0 Å². The minimum absolute atomic E-state index is 0.261. The fourth-order valence-corrected chi connectivity index (χ4v) is 5.25. The Hall–Kier alpha value is -4.70. The van der Waals surface area contributed by atoms with E-state index in [1.807, 2.05) is 48.5 Å². The lowest BCUT2D eigenvalue weighted by atomic mass is 9.81. The molecule has 0 atom stereocenters. The van der Waals surface area contributed by atoms with Gasteiger partial charge in [-0.1, -0.05) is 74.3 Å². The van der Waals surface area contributed by atoms with Crippen LogP contribution in [0.5, 0.6) is 11.5 Å². The molecule has 0 saturated heterocycles. The molecule has 4 aromatic carbocycles. The summed E-state index contributed by atoms with van der Waals surface area (Å²) < 4.78 is 23.4. The number of carbonyl (C=O) groups is 2. The summed E-state index contributed by atoms with van der Waals surface area (Å²) in [5, 5.41) is 29.8. The molecule has 15 heteroatoms. The van der Waals surface area contributed by atoms with Crippen molar-refractivity contribution in [2.45, 2.75) is 0 Å². The smallest absolute Gasteiger partial charge is 0.488 e. The number of aromatic amines is 1. The van der Waals surface area contributed by atoms with Gasteiger partial charge in [-0.15, -0.1) is 0 Å². The van der Waals surface area contributed by atoms with Crippen LogP contribution in [0.1, 0.15) is 21.0 Å². The standard InChI is InChI=1S/C16H13BrN2O3.C10H10N2O3.C6H6BBrO2/c1-21-13-8-4-7-12-14(16(20)22-2)18-19(15(12)13)11-6-3-5-10(17)9-11;1-14-7-5-3-4-6-8(7)11-12-9(6)10(13)15-2;8-6-3-1-2-5(4-6)7(9)10/h3-9H,1-2H3;3-5H,1-2H3,(H,11,12);1-4,9-10H. The molecule has 0 amide bonds. The normalized spacial score (nSPS) is 10.3. The summed E-state index contributed by atoms with van der Waals surface area (Å²) in [4.78, 5) is 23.3. The Morgan fingerprint density at radius 1 is 0.766 bits per heavy atom. The number of H-pyrrole nitrogens is 1. The number of aromatic nitrogens is 4. The largest absolute Gasteiger partial charge is 0.494 e. The zero-order valence-electron chi connectivity index (χ0n) is 25.6. The number of carbonyl (C=O) groups excluding carboxylic acids is 2. The van der Waals surface area contributed by atoms with Crippen molar-refractivity contribution in [2.24, 2.45) is 0 Å². The maximum absolute atomic E-state index is 12.0. The average molecular weight is 768 g/mol. The van der Waals surface area contributed by atoms with Gasteiger partial charge in [0.05, 0.1) is 34.1 Å². The molecule has 0 saturated carbocycles. The monoisotopic (exact) mass is 766 g/mol. The molecule has 0 fully saturated rings. The van der Waals surface area contributed by atoms with Crippen LogP contribution in [0.4, 0.5) is 0 Å². The molecular formula is C32H29BBr2N4O8. The van der Waals surface area contributed by atoms with Gasteiger partial charge in [0.2, 0.25) is 0 Å². The van der Waals surface area contributed by atoms with Crippen LogP contribution in [0.3, 0.4) is 0 Å². The van der Waals surface area contributed by atoms with Gasteiger partial charge in [-0.2, -0.15) is 10.2 Å². The molecule has 6 aromatic rings. The molecule has 0 unspecified atom stereocenters. The van der Waals surface area contributed by atoms with Crippen molar-refractivity contribution >= 4 is 78.2 Å². The number of ether oxygens (including phenoxy) is 4. The number of hydrogen-bond acceptors (Lipinski definition) is 10. The van der Waals surface area contributed by atoms with Crippen LogP contribution in [0, 0.1) is 0 Å². The number of methoxy groups -OCH3 is 4. The zero-order valence-corrected chi connectivity index (χ0v) is 28.8. The van der Waals surface area contributed by atoms with E-state index in [-0.39, 0.29) is 5.69 Å². The Morgan fingerprint density at radius 2 is 1.36 bits per heavy atom. The maximum atomic E-state index is 12.0. The van der Waals surface area contributed by atoms with Gasteiger partial charge >= 0.3 is 19.1 Å². The summed E-state index contributed by atoms with van der Waals surface area (Å²) in [6.07, 6.45) is 0. The molecular weight excluding hydrogens is 739 g/mol. The minimum Gasteiger partial charge on any atom is -0.494 e.